The van der Waals surface area contributed by atoms with Crippen LogP contribution in [0.15, 0.2) is 24.3 Å². The fraction of sp³-hybridized carbons (Fsp3) is 0.294. The number of aliphatic carboxylic acids is 1. The predicted octanol–water partition coefficient (Wildman–Crippen LogP) is 4.16. The standard InChI is InChI=1S/C17H16ClN3O3S/c1-3-17(2,8-13(22)23)15(24)21-16-20-14(12(9-19)25-16)10-5-4-6-11(18)7-10/h4-7H,3,8H2,1-2H3,(H,22,23)(H,20,21,24). The number of carbonyl (C=O) groups excluding carboxylic acids is 1. The molecule has 1 unspecified atom stereocenters. The van der Waals surface area contributed by atoms with Crippen molar-refractivity contribution < 1.29 is 14.7 Å². The maximum atomic E-state index is 12.5. The highest BCUT2D eigenvalue weighted by Gasteiger charge is 2.34. The number of nitrogens with zero attached hydrogens (tertiary/aromatic N) is 2. The van der Waals surface area contributed by atoms with Gasteiger partial charge in [0.05, 0.1) is 11.8 Å². The Labute approximate surface area is 154 Å². The van der Waals surface area contributed by atoms with E-state index in [1.54, 1.807) is 38.1 Å². The molecule has 0 radical (unpaired) electrons. The maximum absolute atomic E-state index is 12.5. The number of halogens is 1. The summed E-state index contributed by atoms with van der Waals surface area (Å²) in [4.78, 5) is 28.2. The second-order valence-corrected chi connectivity index (χ2v) is 7.19. The number of nitrogens with one attached hydrogen (secondary N) is 1. The lowest BCUT2D eigenvalue weighted by Gasteiger charge is -2.24. The molecule has 0 saturated heterocycles. The van der Waals surface area contributed by atoms with Crippen molar-refractivity contribution in [2.75, 3.05) is 5.32 Å². The fourth-order valence-electron chi connectivity index (χ4n) is 2.23. The van der Waals surface area contributed by atoms with Crippen LogP contribution in [0.1, 0.15) is 31.6 Å². The lowest BCUT2D eigenvalue weighted by molar-refractivity contribution is -0.143. The fourth-order valence-corrected chi connectivity index (χ4v) is 3.20. The van der Waals surface area contributed by atoms with Crippen molar-refractivity contribution >= 4 is 39.9 Å². The van der Waals surface area contributed by atoms with E-state index in [0.717, 1.165) is 11.3 Å². The second kappa shape index (κ2) is 7.64. The van der Waals surface area contributed by atoms with Gasteiger partial charge < -0.3 is 10.4 Å². The number of anilines is 1. The Balaban J connectivity index is 2.31. The van der Waals surface area contributed by atoms with Crippen LogP contribution in [0.5, 0.6) is 0 Å². The van der Waals surface area contributed by atoms with Crippen LogP contribution in [0.25, 0.3) is 11.3 Å². The summed E-state index contributed by atoms with van der Waals surface area (Å²) < 4.78 is 0. The van der Waals surface area contributed by atoms with Gasteiger partial charge in [-0.05, 0) is 18.6 Å². The molecular formula is C17H16ClN3O3S. The molecule has 0 aliphatic carbocycles. The molecule has 0 spiro atoms. The highest BCUT2D eigenvalue weighted by atomic mass is 35.5. The second-order valence-electron chi connectivity index (χ2n) is 5.76. The van der Waals surface area contributed by atoms with Gasteiger partial charge in [-0.25, -0.2) is 4.98 Å². The lowest BCUT2D eigenvalue weighted by Crippen LogP contribution is -2.35. The van der Waals surface area contributed by atoms with Crippen molar-refractivity contribution in [2.45, 2.75) is 26.7 Å². The van der Waals surface area contributed by atoms with Crippen LogP contribution in [0.2, 0.25) is 5.02 Å². The summed E-state index contributed by atoms with van der Waals surface area (Å²) in [6, 6.07) is 8.98. The Morgan fingerprint density at radius 1 is 1.48 bits per heavy atom. The number of aromatic nitrogens is 1. The highest BCUT2D eigenvalue weighted by Crippen LogP contribution is 2.34. The number of nitriles is 1. The Morgan fingerprint density at radius 3 is 2.76 bits per heavy atom. The molecular weight excluding hydrogens is 362 g/mol. The number of hydrogen-bond donors (Lipinski definition) is 2. The SMILES string of the molecule is CCC(C)(CC(=O)O)C(=O)Nc1nc(-c2cccc(Cl)c2)c(C#N)s1. The predicted molar refractivity (Wildman–Crippen MR) is 96.6 cm³/mol. The minimum Gasteiger partial charge on any atom is -0.481 e. The van der Waals surface area contributed by atoms with E-state index in [2.05, 4.69) is 16.4 Å². The minimum absolute atomic E-state index is 0.251. The monoisotopic (exact) mass is 377 g/mol. The molecule has 0 aliphatic rings. The molecule has 0 aliphatic heterocycles. The minimum atomic E-state index is -1.06. The van der Waals surface area contributed by atoms with E-state index in [4.69, 9.17) is 16.7 Å². The van der Waals surface area contributed by atoms with Gasteiger partial charge in [0.15, 0.2) is 5.13 Å². The van der Waals surface area contributed by atoms with Crippen LogP contribution >= 0.6 is 22.9 Å². The molecule has 1 aromatic carbocycles. The average Bonchev–Trinajstić information content (AvgIpc) is 2.97. The summed E-state index contributed by atoms with van der Waals surface area (Å²) in [6.07, 6.45) is 0.0791. The summed E-state index contributed by atoms with van der Waals surface area (Å²) in [5.41, 5.74) is 0.0480. The molecule has 2 rings (SSSR count). The normalized spacial score (nSPS) is 12.9. The largest absolute Gasteiger partial charge is 0.481 e. The van der Waals surface area contributed by atoms with E-state index in [-0.39, 0.29) is 11.6 Å². The zero-order chi connectivity index (χ0) is 18.6. The molecule has 1 aromatic heterocycles. The zero-order valence-electron chi connectivity index (χ0n) is 13.7. The number of carbonyl (C=O) groups is 2. The quantitative estimate of drug-likeness (QED) is 0.786. The number of carboxylic acids is 1. The molecule has 0 fully saturated rings. The van der Waals surface area contributed by atoms with Crippen molar-refractivity contribution in [3.05, 3.63) is 34.2 Å². The van der Waals surface area contributed by atoms with Crippen LogP contribution in [0.3, 0.4) is 0 Å². The van der Waals surface area contributed by atoms with Gasteiger partial charge in [-0.15, -0.1) is 0 Å². The third-order valence-corrected chi connectivity index (χ3v) is 5.03. The van der Waals surface area contributed by atoms with Gasteiger partial charge in [0.2, 0.25) is 5.91 Å². The Hall–Kier alpha value is -2.43. The van der Waals surface area contributed by atoms with Gasteiger partial charge in [0.25, 0.3) is 0 Å². The van der Waals surface area contributed by atoms with Crippen LogP contribution in [0.4, 0.5) is 5.13 Å². The Morgan fingerprint density at radius 2 is 2.20 bits per heavy atom. The van der Waals surface area contributed by atoms with E-state index in [0.29, 0.717) is 27.6 Å². The molecule has 2 aromatic rings. The molecule has 130 valence electrons. The van der Waals surface area contributed by atoms with Crippen LogP contribution in [-0.2, 0) is 9.59 Å². The first kappa shape index (κ1) is 18.9. The Bertz CT molecular complexity index is 859. The zero-order valence-corrected chi connectivity index (χ0v) is 15.2. The van der Waals surface area contributed by atoms with Crippen LogP contribution in [-0.4, -0.2) is 22.0 Å². The van der Waals surface area contributed by atoms with Crippen molar-refractivity contribution in [3.63, 3.8) is 0 Å². The summed E-state index contributed by atoms with van der Waals surface area (Å²) in [5.74, 6) is -1.48. The topological polar surface area (TPSA) is 103 Å². The molecule has 0 bridgehead atoms. The lowest BCUT2D eigenvalue weighted by atomic mass is 9.83. The number of rotatable bonds is 6. The van der Waals surface area contributed by atoms with Gasteiger partial charge in [0.1, 0.15) is 16.6 Å². The average molecular weight is 378 g/mol. The number of benzene rings is 1. The van der Waals surface area contributed by atoms with Gasteiger partial charge in [-0.3, -0.25) is 9.59 Å². The van der Waals surface area contributed by atoms with Crippen LogP contribution < -0.4 is 5.32 Å². The van der Waals surface area contributed by atoms with Crippen molar-refractivity contribution in [1.82, 2.24) is 4.98 Å². The van der Waals surface area contributed by atoms with E-state index in [1.807, 2.05) is 0 Å². The third kappa shape index (κ3) is 4.35. The summed E-state index contributed by atoms with van der Waals surface area (Å²) in [6.45, 7) is 3.34. The van der Waals surface area contributed by atoms with E-state index in [1.165, 1.54) is 0 Å². The highest BCUT2D eigenvalue weighted by molar-refractivity contribution is 7.16. The molecule has 8 heteroatoms. The summed E-state index contributed by atoms with van der Waals surface area (Å²) >= 11 is 7.02. The van der Waals surface area contributed by atoms with E-state index < -0.39 is 17.3 Å². The molecule has 6 nitrogen and oxygen atoms in total. The summed E-state index contributed by atoms with van der Waals surface area (Å²) in [5, 5.41) is 21.7. The van der Waals surface area contributed by atoms with E-state index >= 15 is 0 Å². The third-order valence-electron chi connectivity index (χ3n) is 3.92. The number of carboxylic acid groups (broad SMARTS) is 1. The van der Waals surface area contributed by atoms with Crippen molar-refractivity contribution in [2.24, 2.45) is 5.41 Å². The number of amides is 1. The summed E-state index contributed by atoms with van der Waals surface area (Å²) in [7, 11) is 0. The van der Waals surface area contributed by atoms with Gasteiger partial charge in [-0.1, -0.05) is 48.9 Å². The molecule has 25 heavy (non-hydrogen) atoms. The van der Waals surface area contributed by atoms with Gasteiger partial charge >= 0.3 is 5.97 Å². The molecule has 1 heterocycles. The van der Waals surface area contributed by atoms with Gasteiger partial charge in [-0.2, -0.15) is 5.26 Å². The number of thiazole rings is 1. The van der Waals surface area contributed by atoms with Gasteiger partial charge in [0, 0.05) is 10.6 Å². The molecule has 2 N–H and O–H groups in total. The van der Waals surface area contributed by atoms with E-state index in [9.17, 15) is 14.9 Å². The molecule has 1 amide bonds. The smallest absolute Gasteiger partial charge is 0.304 e. The molecule has 0 saturated carbocycles. The number of hydrogen-bond acceptors (Lipinski definition) is 5. The first-order chi connectivity index (χ1) is 11.8. The maximum Gasteiger partial charge on any atom is 0.304 e. The van der Waals surface area contributed by atoms with Crippen molar-refractivity contribution in [1.29, 1.82) is 5.26 Å². The Kier molecular flexibility index (Phi) is 5.77. The first-order valence-corrected chi connectivity index (χ1v) is 8.68. The first-order valence-electron chi connectivity index (χ1n) is 7.49. The van der Waals surface area contributed by atoms with Crippen molar-refractivity contribution in [3.8, 4) is 17.3 Å². The molecule has 1 atom stereocenters. The van der Waals surface area contributed by atoms with Crippen LogP contribution in [0, 0.1) is 16.7 Å².